The van der Waals surface area contributed by atoms with Gasteiger partial charge in [0.05, 0.1) is 17.4 Å². The first-order valence-electron chi connectivity index (χ1n) is 7.87. The fourth-order valence-corrected chi connectivity index (χ4v) is 2.63. The van der Waals surface area contributed by atoms with Gasteiger partial charge in [0.25, 0.3) is 5.56 Å². The molecule has 2 aromatic rings. The average molecular weight is 301 g/mol. The second kappa shape index (κ2) is 7.20. The van der Waals surface area contributed by atoms with Crippen LogP contribution < -0.4 is 5.56 Å². The lowest BCUT2D eigenvalue weighted by Crippen LogP contribution is -2.36. The standard InChI is InChI=1S/C17H23N3O2/c1-4-12(5-2)17(22)20(6-3)11-15-18-14-10-8-7-9-13(14)16(21)19-15/h7-10,12H,4-6,11H2,1-3H3,(H,18,19,21). The molecule has 0 unspecified atom stereocenters. The van der Waals surface area contributed by atoms with Gasteiger partial charge in [-0.3, -0.25) is 9.59 Å². The van der Waals surface area contributed by atoms with Crippen molar-refractivity contribution >= 4 is 16.8 Å². The van der Waals surface area contributed by atoms with Crippen LogP contribution in [0.15, 0.2) is 29.1 Å². The number of carbonyl (C=O) groups excluding carboxylic acids is 1. The molecule has 0 fully saturated rings. The molecule has 1 amide bonds. The van der Waals surface area contributed by atoms with Crippen LogP contribution in [-0.4, -0.2) is 27.3 Å². The Morgan fingerprint density at radius 1 is 1.23 bits per heavy atom. The molecule has 0 aliphatic carbocycles. The van der Waals surface area contributed by atoms with Crippen LogP contribution in [0.3, 0.4) is 0 Å². The summed E-state index contributed by atoms with van der Waals surface area (Å²) in [4.78, 5) is 33.6. The van der Waals surface area contributed by atoms with Gasteiger partial charge in [0.15, 0.2) is 0 Å². The molecule has 0 aliphatic heterocycles. The number of carbonyl (C=O) groups is 1. The van der Waals surface area contributed by atoms with Crippen LogP contribution >= 0.6 is 0 Å². The molecule has 2 rings (SSSR count). The summed E-state index contributed by atoms with van der Waals surface area (Å²) in [5, 5.41) is 0.570. The third-order valence-corrected chi connectivity index (χ3v) is 4.03. The van der Waals surface area contributed by atoms with E-state index >= 15 is 0 Å². The zero-order valence-electron chi connectivity index (χ0n) is 13.4. The Morgan fingerprint density at radius 3 is 2.55 bits per heavy atom. The summed E-state index contributed by atoms with van der Waals surface area (Å²) < 4.78 is 0. The van der Waals surface area contributed by atoms with E-state index in [1.54, 1.807) is 11.0 Å². The van der Waals surface area contributed by atoms with Crippen molar-refractivity contribution in [1.29, 1.82) is 0 Å². The SMILES string of the molecule is CCC(CC)C(=O)N(CC)Cc1nc2ccccc2c(=O)[nH]1. The largest absolute Gasteiger partial charge is 0.335 e. The minimum atomic E-state index is -0.161. The van der Waals surface area contributed by atoms with Crippen LogP contribution in [0.1, 0.15) is 39.4 Å². The lowest BCUT2D eigenvalue weighted by Gasteiger charge is -2.24. The van der Waals surface area contributed by atoms with Crippen LogP contribution in [0.4, 0.5) is 0 Å². The number of fused-ring (bicyclic) bond motifs is 1. The zero-order valence-corrected chi connectivity index (χ0v) is 13.4. The summed E-state index contributed by atoms with van der Waals surface area (Å²) in [6.45, 7) is 6.93. The van der Waals surface area contributed by atoms with E-state index in [2.05, 4.69) is 9.97 Å². The van der Waals surface area contributed by atoms with Gasteiger partial charge < -0.3 is 9.88 Å². The van der Waals surface area contributed by atoms with Crippen LogP contribution in [0.2, 0.25) is 0 Å². The smallest absolute Gasteiger partial charge is 0.258 e. The van der Waals surface area contributed by atoms with Crippen LogP contribution in [0.25, 0.3) is 10.9 Å². The molecule has 1 heterocycles. The topological polar surface area (TPSA) is 66.1 Å². The van der Waals surface area contributed by atoms with Gasteiger partial charge in [-0.05, 0) is 31.9 Å². The van der Waals surface area contributed by atoms with E-state index in [0.29, 0.717) is 29.8 Å². The molecule has 5 nitrogen and oxygen atoms in total. The Labute approximate surface area is 130 Å². The second-order valence-electron chi connectivity index (χ2n) is 5.40. The van der Waals surface area contributed by atoms with Gasteiger partial charge in [0, 0.05) is 12.5 Å². The summed E-state index contributed by atoms with van der Waals surface area (Å²) in [6.07, 6.45) is 1.65. The van der Waals surface area contributed by atoms with Gasteiger partial charge in [-0.2, -0.15) is 0 Å². The zero-order chi connectivity index (χ0) is 16.1. The Balaban J connectivity index is 2.28. The fourth-order valence-electron chi connectivity index (χ4n) is 2.63. The normalized spacial score (nSPS) is 11.1. The van der Waals surface area contributed by atoms with Crippen molar-refractivity contribution in [3.05, 3.63) is 40.4 Å². The first kappa shape index (κ1) is 16.2. The predicted molar refractivity (Wildman–Crippen MR) is 87.5 cm³/mol. The van der Waals surface area contributed by atoms with Crippen molar-refractivity contribution < 1.29 is 4.79 Å². The quantitative estimate of drug-likeness (QED) is 0.892. The number of rotatable bonds is 6. The molecule has 0 spiro atoms. The molecule has 0 radical (unpaired) electrons. The Hall–Kier alpha value is -2.17. The molecule has 5 heteroatoms. The summed E-state index contributed by atoms with van der Waals surface area (Å²) in [5.41, 5.74) is 0.499. The number of hydrogen-bond donors (Lipinski definition) is 1. The number of para-hydroxylation sites is 1. The van der Waals surface area contributed by atoms with Crippen molar-refractivity contribution in [3.63, 3.8) is 0 Å². The maximum atomic E-state index is 12.5. The molecule has 1 aromatic carbocycles. The highest BCUT2D eigenvalue weighted by Gasteiger charge is 2.21. The number of aromatic nitrogens is 2. The summed E-state index contributed by atoms with van der Waals surface area (Å²) in [6, 6.07) is 7.23. The molecule has 1 aromatic heterocycles. The van der Waals surface area contributed by atoms with E-state index < -0.39 is 0 Å². The van der Waals surface area contributed by atoms with Crippen molar-refractivity contribution in [3.8, 4) is 0 Å². The van der Waals surface area contributed by atoms with E-state index in [1.165, 1.54) is 0 Å². The van der Waals surface area contributed by atoms with Crippen LogP contribution in [-0.2, 0) is 11.3 Å². The molecule has 0 bridgehead atoms. The molecular weight excluding hydrogens is 278 g/mol. The van der Waals surface area contributed by atoms with Gasteiger partial charge >= 0.3 is 0 Å². The number of nitrogens with one attached hydrogen (secondary N) is 1. The molecular formula is C17H23N3O2. The maximum Gasteiger partial charge on any atom is 0.258 e. The van der Waals surface area contributed by atoms with E-state index in [-0.39, 0.29) is 17.4 Å². The number of benzene rings is 1. The van der Waals surface area contributed by atoms with Gasteiger partial charge in [0.1, 0.15) is 5.82 Å². The highest BCUT2D eigenvalue weighted by molar-refractivity contribution is 5.79. The number of H-pyrrole nitrogens is 1. The van der Waals surface area contributed by atoms with Gasteiger partial charge in [-0.15, -0.1) is 0 Å². The summed E-state index contributed by atoms with van der Waals surface area (Å²) >= 11 is 0. The average Bonchev–Trinajstić information content (AvgIpc) is 2.53. The Bertz CT molecular complexity index is 704. The number of nitrogens with zero attached hydrogens (tertiary/aromatic N) is 2. The summed E-state index contributed by atoms with van der Waals surface area (Å²) in [7, 11) is 0. The van der Waals surface area contributed by atoms with Crippen molar-refractivity contribution in [1.82, 2.24) is 14.9 Å². The van der Waals surface area contributed by atoms with Crippen LogP contribution in [0, 0.1) is 5.92 Å². The third kappa shape index (κ3) is 3.35. The first-order valence-corrected chi connectivity index (χ1v) is 7.87. The fraction of sp³-hybridized carbons (Fsp3) is 0.471. The molecule has 0 saturated carbocycles. The van der Waals surface area contributed by atoms with Crippen LogP contribution in [0.5, 0.6) is 0 Å². The summed E-state index contributed by atoms with van der Waals surface area (Å²) in [5.74, 6) is 0.695. The van der Waals surface area contributed by atoms with Gasteiger partial charge in [-0.1, -0.05) is 26.0 Å². The van der Waals surface area contributed by atoms with E-state index in [9.17, 15) is 9.59 Å². The Morgan fingerprint density at radius 2 is 1.91 bits per heavy atom. The van der Waals surface area contributed by atoms with Gasteiger partial charge in [0.2, 0.25) is 5.91 Å². The number of amides is 1. The van der Waals surface area contributed by atoms with Gasteiger partial charge in [-0.25, -0.2) is 4.98 Å². The molecule has 0 saturated heterocycles. The minimum Gasteiger partial charge on any atom is -0.335 e. The molecule has 118 valence electrons. The van der Waals surface area contributed by atoms with Crippen molar-refractivity contribution in [2.75, 3.05) is 6.54 Å². The predicted octanol–water partition coefficient (Wildman–Crippen LogP) is 2.71. The van der Waals surface area contributed by atoms with Crippen molar-refractivity contribution in [2.24, 2.45) is 5.92 Å². The highest BCUT2D eigenvalue weighted by Crippen LogP contribution is 2.14. The minimum absolute atomic E-state index is 0.0344. The molecule has 22 heavy (non-hydrogen) atoms. The number of hydrogen-bond acceptors (Lipinski definition) is 3. The number of aromatic amines is 1. The van der Waals surface area contributed by atoms with E-state index in [4.69, 9.17) is 0 Å². The first-order chi connectivity index (χ1) is 10.6. The third-order valence-electron chi connectivity index (χ3n) is 4.03. The lowest BCUT2D eigenvalue weighted by atomic mass is 10.0. The molecule has 0 atom stereocenters. The van der Waals surface area contributed by atoms with E-state index in [1.807, 2.05) is 39.0 Å². The highest BCUT2D eigenvalue weighted by atomic mass is 16.2. The Kier molecular flexibility index (Phi) is 5.31. The molecule has 1 N–H and O–H groups in total. The maximum absolute atomic E-state index is 12.5. The van der Waals surface area contributed by atoms with Crippen molar-refractivity contribution in [2.45, 2.75) is 40.2 Å². The molecule has 0 aliphatic rings. The lowest BCUT2D eigenvalue weighted by molar-refractivity contribution is -0.136. The van der Waals surface area contributed by atoms with E-state index in [0.717, 1.165) is 12.8 Å². The monoisotopic (exact) mass is 301 g/mol. The second-order valence-corrected chi connectivity index (χ2v) is 5.40.